The van der Waals surface area contributed by atoms with E-state index in [0.717, 1.165) is 0 Å². The van der Waals surface area contributed by atoms with Crippen molar-refractivity contribution in [3.8, 4) is 17.2 Å². The molecule has 0 aliphatic carbocycles. The van der Waals surface area contributed by atoms with E-state index in [9.17, 15) is 14.4 Å². The van der Waals surface area contributed by atoms with Gasteiger partial charge in [0, 0.05) is 41.9 Å². The fourth-order valence-corrected chi connectivity index (χ4v) is 4.77. The van der Waals surface area contributed by atoms with Gasteiger partial charge >= 0.3 is 0 Å². The van der Waals surface area contributed by atoms with Crippen molar-refractivity contribution < 1.29 is 33.0 Å². The van der Waals surface area contributed by atoms with E-state index in [1.807, 2.05) is 0 Å². The summed E-state index contributed by atoms with van der Waals surface area (Å²) in [6.07, 6.45) is 0.0392. The molecule has 4 aromatic rings. The van der Waals surface area contributed by atoms with Crippen molar-refractivity contribution in [3.05, 3.63) is 72.5 Å². The Hall–Kier alpha value is -4.99. The molecule has 1 aromatic heterocycles. The summed E-state index contributed by atoms with van der Waals surface area (Å²) < 4.78 is 22.3. The van der Waals surface area contributed by atoms with Crippen LogP contribution in [0.5, 0.6) is 17.2 Å². The summed E-state index contributed by atoms with van der Waals surface area (Å²) in [5, 5.41) is 6.25. The van der Waals surface area contributed by atoms with Crippen LogP contribution in [-0.2, 0) is 9.59 Å². The molecule has 1 saturated heterocycles. The number of para-hydroxylation sites is 1. The van der Waals surface area contributed by atoms with E-state index in [2.05, 4.69) is 10.6 Å². The predicted octanol–water partition coefficient (Wildman–Crippen LogP) is 4.46. The number of nitrogens with zero attached hydrogens (tertiary/aromatic N) is 1. The zero-order valence-corrected chi connectivity index (χ0v) is 21.1. The van der Waals surface area contributed by atoms with Gasteiger partial charge in [0.2, 0.25) is 17.6 Å². The number of hydrogen-bond donors (Lipinski definition) is 2. The highest BCUT2D eigenvalue weighted by Crippen LogP contribution is 2.35. The SMILES string of the molecule is COc1cccc(N2C[C@H](C(=O)Nc3c(C(=O)Nc4ccc5c(c4)OCCO5)oc4ccccc34)CC2=O)c1. The van der Waals surface area contributed by atoms with Gasteiger partial charge in [0.05, 0.1) is 13.0 Å². The number of fused-ring (bicyclic) bond motifs is 2. The maximum atomic E-state index is 13.4. The van der Waals surface area contributed by atoms with Crippen molar-refractivity contribution in [1.29, 1.82) is 0 Å². The quantitative estimate of drug-likeness (QED) is 0.380. The fourth-order valence-electron chi connectivity index (χ4n) is 4.77. The monoisotopic (exact) mass is 527 g/mol. The number of nitrogens with one attached hydrogen (secondary N) is 2. The standard InChI is InChI=1S/C29H25N3O7/c1-36-20-6-4-5-19(15-20)32-16-17(13-25(32)33)28(34)31-26-21-7-2-3-8-22(21)39-27(26)29(35)30-18-9-10-23-24(14-18)38-12-11-37-23/h2-10,14-15,17H,11-13,16H2,1H3,(H,30,35)(H,31,34)/t17-/m1/s1. The van der Waals surface area contributed by atoms with E-state index >= 15 is 0 Å². The van der Waals surface area contributed by atoms with Gasteiger partial charge in [0.25, 0.3) is 5.91 Å². The molecule has 3 heterocycles. The van der Waals surface area contributed by atoms with E-state index in [4.69, 9.17) is 18.6 Å². The number of carbonyl (C=O) groups is 3. The molecular weight excluding hydrogens is 502 g/mol. The molecular formula is C29H25N3O7. The van der Waals surface area contributed by atoms with Crippen molar-refractivity contribution in [2.45, 2.75) is 6.42 Å². The lowest BCUT2D eigenvalue weighted by atomic mass is 10.1. The lowest BCUT2D eigenvalue weighted by molar-refractivity contribution is -0.122. The van der Waals surface area contributed by atoms with E-state index < -0.39 is 11.8 Å². The summed E-state index contributed by atoms with van der Waals surface area (Å²) in [4.78, 5) is 41.1. The van der Waals surface area contributed by atoms with Gasteiger partial charge in [-0.05, 0) is 36.4 Å². The Morgan fingerprint density at radius 1 is 0.949 bits per heavy atom. The molecule has 3 amide bonds. The summed E-state index contributed by atoms with van der Waals surface area (Å²) in [7, 11) is 1.55. The molecule has 1 fully saturated rings. The number of rotatable bonds is 6. The molecule has 10 heteroatoms. The van der Waals surface area contributed by atoms with Gasteiger partial charge < -0.3 is 34.2 Å². The van der Waals surface area contributed by atoms with Crippen LogP contribution in [-0.4, -0.2) is 44.6 Å². The third kappa shape index (κ3) is 4.72. The number of carbonyl (C=O) groups excluding carboxylic acids is 3. The van der Waals surface area contributed by atoms with Gasteiger partial charge in [-0.2, -0.15) is 0 Å². The molecule has 0 bridgehead atoms. The summed E-state index contributed by atoms with van der Waals surface area (Å²) in [6, 6.07) is 19.3. The van der Waals surface area contributed by atoms with Crippen LogP contribution in [0.4, 0.5) is 17.1 Å². The van der Waals surface area contributed by atoms with Gasteiger partial charge in [-0.25, -0.2) is 0 Å². The van der Waals surface area contributed by atoms with E-state index in [1.54, 1.807) is 78.7 Å². The third-order valence-electron chi connectivity index (χ3n) is 6.71. The number of anilines is 3. The maximum Gasteiger partial charge on any atom is 0.293 e. The molecule has 0 saturated carbocycles. The largest absolute Gasteiger partial charge is 0.497 e. The molecule has 0 radical (unpaired) electrons. The Morgan fingerprint density at radius 2 is 1.77 bits per heavy atom. The molecule has 198 valence electrons. The minimum atomic E-state index is -0.619. The van der Waals surface area contributed by atoms with Crippen LogP contribution in [0.25, 0.3) is 11.0 Å². The lowest BCUT2D eigenvalue weighted by Crippen LogP contribution is -2.28. The van der Waals surface area contributed by atoms with Crippen LogP contribution in [0.3, 0.4) is 0 Å². The van der Waals surface area contributed by atoms with Gasteiger partial charge in [0.1, 0.15) is 30.2 Å². The second kappa shape index (κ2) is 10.1. The summed E-state index contributed by atoms with van der Waals surface area (Å²) in [6.45, 7) is 1.08. The van der Waals surface area contributed by atoms with Crippen LogP contribution < -0.4 is 29.7 Å². The Labute approximate surface area is 223 Å². The summed E-state index contributed by atoms with van der Waals surface area (Å²) in [5.74, 6) is -0.00988. The predicted molar refractivity (Wildman–Crippen MR) is 144 cm³/mol. The second-order valence-corrected chi connectivity index (χ2v) is 9.21. The number of ether oxygens (including phenoxy) is 3. The molecule has 2 aliphatic rings. The van der Waals surface area contributed by atoms with Crippen LogP contribution in [0.2, 0.25) is 0 Å². The van der Waals surface area contributed by atoms with Crippen molar-refractivity contribution >= 4 is 45.8 Å². The van der Waals surface area contributed by atoms with E-state index in [0.29, 0.717) is 52.8 Å². The van der Waals surface area contributed by atoms with Crippen LogP contribution in [0, 0.1) is 5.92 Å². The highest BCUT2D eigenvalue weighted by Gasteiger charge is 2.36. The molecule has 2 aliphatic heterocycles. The van der Waals surface area contributed by atoms with Gasteiger partial charge in [-0.15, -0.1) is 0 Å². The molecule has 2 N–H and O–H groups in total. The Morgan fingerprint density at radius 3 is 2.62 bits per heavy atom. The highest BCUT2D eigenvalue weighted by atomic mass is 16.6. The van der Waals surface area contributed by atoms with Gasteiger partial charge in [-0.3, -0.25) is 14.4 Å². The first kappa shape index (κ1) is 24.4. The number of amides is 3. The molecule has 1 atom stereocenters. The van der Waals surface area contributed by atoms with Crippen molar-refractivity contribution in [1.82, 2.24) is 0 Å². The van der Waals surface area contributed by atoms with Crippen LogP contribution in [0.1, 0.15) is 17.0 Å². The van der Waals surface area contributed by atoms with Crippen LogP contribution >= 0.6 is 0 Å². The first-order valence-electron chi connectivity index (χ1n) is 12.5. The average molecular weight is 528 g/mol. The smallest absolute Gasteiger partial charge is 0.293 e. The molecule has 39 heavy (non-hydrogen) atoms. The van der Waals surface area contributed by atoms with Crippen molar-refractivity contribution in [3.63, 3.8) is 0 Å². The molecule has 10 nitrogen and oxygen atoms in total. The molecule has 3 aromatic carbocycles. The number of methoxy groups -OCH3 is 1. The zero-order valence-electron chi connectivity index (χ0n) is 21.1. The number of hydrogen-bond acceptors (Lipinski definition) is 7. The van der Waals surface area contributed by atoms with Gasteiger partial charge in [0.15, 0.2) is 11.5 Å². The van der Waals surface area contributed by atoms with Crippen molar-refractivity contribution in [2.24, 2.45) is 5.92 Å². The second-order valence-electron chi connectivity index (χ2n) is 9.21. The normalized spacial score (nSPS) is 16.3. The van der Waals surface area contributed by atoms with Crippen molar-refractivity contribution in [2.75, 3.05) is 42.4 Å². The Balaban J connectivity index is 1.24. The first-order valence-corrected chi connectivity index (χ1v) is 12.5. The number of benzene rings is 3. The van der Waals surface area contributed by atoms with Crippen LogP contribution in [0.15, 0.2) is 71.1 Å². The lowest BCUT2D eigenvalue weighted by Gasteiger charge is -2.19. The minimum absolute atomic E-state index is 0.0392. The first-order chi connectivity index (χ1) is 19.0. The fraction of sp³-hybridized carbons (Fsp3) is 0.207. The minimum Gasteiger partial charge on any atom is -0.497 e. The molecule has 0 unspecified atom stereocenters. The Bertz CT molecular complexity index is 1600. The molecule has 0 spiro atoms. The number of furan rings is 1. The average Bonchev–Trinajstić information content (AvgIpc) is 3.54. The third-order valence-corrected chi connectivity index (χ3v) is 6.71. The Kier molecular flexibility index (Phi) is 6.28. The van der Waals surface area contributed by atoms with E-state index in [-0.39, 0.29) is 36.2 Å². The summed E-state index contributed by atoms with van der Waals surface area (Å²) >= 11 is 0. The highest BCUT2D eigenvalue weighted by molar-refractivity contribution is 6.15. The van der Waals surface area contributed by atoms with E-state index in [1.165, 1.54) is 0 Å². The maximum absolute atomic E-state index is 13.4. The zero-order chi connectivity index (χ0) is 26.9. The van der Waals surface area contributed by atoms with Gasteiger partial charge in [-0.1, -0.05) is 18.2 Å². The molecule has 6 rings (SSSR count). The summed E-state index contributed by atoms with van der Waals surface area (Å²) in [5.41, 5.74) is 1.83. The topological polar surface area (TPSA) is 119 Å².